The van der Waals surface area contributed by atoms with Crippen LogP contribution in [0.25, 0.3) is 0 Å². The zero-order valence-corrected chi connectivity index (χ0v) is 19.3. The van der Waals surface area contributed by atoms with Gasteiger partial charge in [-0.2, -0.15) is 0 Å². The van der Waals surface area contributed by atoms with E-state index in [0.29, 0.717) is 41.8 Å². The van der Waals surface area contributed by atoms with Gasteiger partial charge in [0.15, 0.2) is 11.5 Å². The standard InChI is InChI=1S/C24H32N4O4/c1-6-20(30-3)22(32-5)21(31-4)14-16(2)24(29)28-19-12-8-7-11-18(19)23-26-15-17(27-23)10-9-13-25/h7-14,16H,6,15,25H2,1-5H3,(H,26,27)(H,28,29)/b13-9-,17-10+,21-14+,22-20-. The molecule has 0 radical (unpaired) electrons. The van der Waals surface area contributed by atoms with E-state index < -0.39 is 5.92 Å². The number of nitrogens with one attached hydrogen (secondary N) is 2. The number of nitrogens with two attached hydrogens (primary N) is 1. The van der Waals surface area contributed by atoms with E-state index in [1.54, 1.807) is 33.3 Å². The van der Waals surface area contributed by atoms with Crippen molar-refractivity contribution >= 4 is 17.4 Å². The molecule has 32 heavy (non-hydrogen) atoms. The van der Waals surface area contributed by atoms with Crippen LogP contribution in [0.15, 0.2) is 76.7 Å². The maximum Gasteiger partial charge on any atom is 0.231 e. The maximum absolute atomic E-state index is 13.0. The Labute approximate surface area is 189 Å². The summed E-state index contributed by atoms with van der Waals surface area (Å²) < 4.78 is 16.3. The second-order valence-corrected chi connectivity index (χ2v) is 6.94. The van der Waals surface area contributed by atoms with Crippen LogP contribution in [0.1, 0.15) is 25.8 Å². The van der Waals surface area contributed by atoms with Gasteiger partial charge in [-0.1, -0.05) is 19.1 Å². The molecule has 1 aliphatic heterocycles. The maximum atomic E-state index is 13.0. The highest BCUT2D eigenvalue weighted by Crippen LogP contribution is 2.23. The van der Waals surface area contributed by atoms with Crippen LogP contribution in [0, 0.1) is 5.92 Å². The summed E-state index contributed by atoms with van der Waals surface area (Å²) in [5.41, 5.74) is 7.78. The van der Waals surface area contributed by atoms with Crippen LogP contribution >= 0.6 is 0 Å². The number of carbonyl (C=O) groups is 1. The second kappa shape index (κ2) is 12.2. The number of hydrogen-bond donors (Lipinski definition) is 3. The fourth-order valence-corrected chi connectivity index (χ4v) is 3.15. The largest absolute Gasteiger partial charge is 0.497 e. The lowest BCUT2D eigenvalue weighted by Crippen LogP contribution is -2.24. The number of para-hydroxylation sites is 1. The number of carbonyl (C=O) groups excluding carboxylic acids is 1. The molecule has 4 N–H and O–H groups in total. The summed E-state index contributed by atoms with van der Waals surface area (Å²) in [6.07, 6.45) is 7.40. The van der Waals surface area contributed by atoms with E-state index in [2.05, 4.69) is 15.6 Å². The summed E-state index contributed by atoms with van der Waals surface area (Å²) in [6.45, 7) is 4.25. The Morgan fingerprint density at radius 3 is 2.62 bits per heavy atom. The number of ether oxygens (including phenoxy) is 3. The molecule has 172 valence electrons. The summed E-state index contributed by atoms with van der Waals surface area (Å²) in [5, 5.41) is 6.25. The molecule has 1 heterocycles. The molecule has 0 bridgehead atoms. The molecule has 1 aromatic carbocycles. The molecule has 1 unspecified atom stereocenters. The van der Waals surface area contributed by atoms with Crippen LogP contribution in [-0.4, -0.2) is 39.6 Å². The van der Waals surface area contributed by atoms with E-state index >= 15 is 0 Å². The fraction of sp³-hybridized carbons (Fsp3) is 0.333. The monoisotopic (exact) mass is 440 g/mol. The van der Waals surface area contributed by atoms with E-state index in [1.165, 1.54) is 13.3 Å². The third kappa shape index (κ3) is 6.16. The SMILES string of the molecule is CC/C(OC)=C(OC)\C(=C/C(C)C(=O)Nc1ccccc1C1=NC/C(=C\C=C/N)N1)OC. The summed E-state index contributed by atoms with van der Waals surface area (Å²) in [4.78, 5) is 17.5. The van der Waals surface area contributed by atoms with Gasteiger partial charge < -0.3 is 30.6 Å². The highest BCUT2D eigenvalue weighted by Gasteiger charge is 2.20. The van der Waals surface area contributed by atoms with E-state index in [-0.39, 0.29) is 5.91 Å². The minimum atomic E-state index is -0.498. The molecule has 1 aromatic rings. The van der Waals surface area contributed by atoms with Crippen molar-refractivity contribution in [1.29, 1.82) is 0 Å². The Morgan fingerprint density at radius 2 is 2.00 bits per heavy atom. The Balaban J connectivity index is 2.23. The minimum absolute atomic E-state index is 0.196. The van der Waals surface area contributed by atoms with Crippen molar-refractivity contribution in [2.45, 2.75) is 20.3 Å². The molecule has 8 heteroatoms. The normalized spacial score (nSPS) is 16.8. The predicted molar refractivity (Wildman–Crippen MR) is 127 cm³/mol. The average molecular weight is 441 g/mol. The molecule has 2 rings (SSSR count). The molecule has 0 aromatic heterocycles. The van der Waals surface area contributed by atoms with Crippen molar-refractivity contribution in [3.8, 4) is 0 Å². The molecular formula is C24H32N4O4. The zero-order chi connectivity index (χ0) is 23.5. The van der Waals surface area contributed by atoms with Crippen molar-refractivity contribution in [2.75, 3.05) is 33.2 Å². The lowest BCUT2D eigenvalue weighted by molar-refractivity contribution is -0.118. The molecule has 0 spiro atoms. The van der Waals surface area contributed by atoms with Gasteiger partial charge in [0.25, 0.3) is 0 Å². The first-order valence-electron chi connectivity index (χ1n) is 10.3. The molecule has 0 saturated carbocycles. The van der Waals surface area contributed by atoms with Gasteiger partial charge in [0.05, 0.1) is 39.5 Å². The number of benzene rings is 1. The minimum Gasteiger partial charge on any atom is -0.497 e. The molecule has 8 nitrogen and oxygen atoms in total. The molecule has 1 amide bonds. The van der Waals surface area contributed by atoms with Gasteiger partial charge in [-0.25, -0.2) is 0 Å². The van der Waals surface area contributed by atoms with E-state index in [0.717, 1.165) is 11.3 Å². The summed E-state index contributed by atoms with van der Waals surface area (Å²) in [7, 11) is 4.65. The number of aliphatic imine (C=N–C) groups is 1. The van der Waals surface area contributed by atoms with E-state index in [9.17, 15) is 4.79 Å². The van der Waals surface area contributed by atoms with Crippen molar-refractivity contribution in [3.63, 3.8) is 0 Å². The summed E-state index contributed by atoms with van der Waals surface area (Å²) in [5.74, 6) is 1.53. The summed E-state index contributed by atoms with van der Waals surface area (Å²) in [6, 6.07) is 7.51. The molecule has 0 saturated heterocycles. The first kappa shape index (κ1) is 24.6. The predicted octanol–water partition coefficient (Wildman–Crippen LogP) is 3.41. The van der Waals surface area contributed by atoms with Gasteiger partial charge in [0, 0.05) is 17.7 Å². The fourth-order valence-electron chi connectivity index (χ4n) is 3.15. The number of amidine groups is 1. The van der Waals surface area contributed by atoms with Crippen molar-refractivity contribution in [2.24, 2.45) is 16.6 Å². The number of hydrogen-bond acceptors (Lipinski definition) is 7. The number of allylic oxidation sites excluding steroid dienone is 3. The zero-order valence-electron chi connectivity index (χ0n) is 19.3. The topological polar surface area (TPSA) is 107 Å². The Bertz CT molecular complexity index is 955. The van der Waals surface area contributed by atoms with Gasteiger partial charge >= 0.3 is 0 Å². The van der Waals surface area contributed by atoms with Crippen molar-refractivity contribution in [3.05, 3.63) is 77.2 Å². The third-order valence-electron chi connectivity index (χ3n) is 4.82. The second-order valence-electron chi connectivity index (χ2n) is 6.94. The molecular weight excluding hydrogens is 408 g/mol. The van der Waals surface area contributed by atoms with E-state index in [4.69, 9.17) is 19.9 Å². The van der Waals surface area contributed by atoms with Gasteiger partial charge in [0.1, 0.15) is 11.6 Å². The third-order valence-corrected chi connectivity index (χ3v) is 4.82. The Morgan fingerprint density at radius 1 is 1.25 bits per heavy atom. The van der Waals surface area contributed by atoms with Gasteiger partial charge in [-0.05, 0) is 43.5 Å². The lowest BCUT2D eigenvalue weighted by atomic mass is 10.1. The smallest absolute Gasteiger partial charge is 0.231 e. The molecule has 1 aliphatic rings. The van der Waals surface area contributed by atoms with Crippen LogP contribution in [0.5, 0.6) is 0 Å². The van der Waals surface area contributed by atoms with Gasteiger partial charge in [-0.15, -0.1) is 0 Å². The average Bonchev–Trinajstić information content (AvgIpc) is 3.28. The van der Waals surface area contributed by atoms with Crippen LogP contribution in [0.3, 0.4) is 0 Å². The van der Waals surface area contributed by atoms with Crippen molar-refractivity contribution in [1.82, 2.24) is 5.32 Å². The highest BCUT2D eigenvalue weighted by atomic mass is 16.5. The number of amides is 1. The van der Waals surface area contributed by atoms with Gasteiger partial charge in [0.2, 0.25) is 5.91 Å². The molecule has 0 aliphatic carbocycles. The Hall–Kier alpha value is -3.68. The van der Waals surface area contributed by atoms with E-state index in [1.807, 2.05) is 37.3 Å². The quantitative estimate of drug-likeness (QED) is 0.380. The number of methoxy groups -OCH3 is 3. The molecule has 0 fully saturated rings. The first-order valence-corrected chi connectivity index (χ1v) is 10.3. The number of rotatable bonds is 10. The van der Waals surface area contributed by atoms with Crippen molar-refractivity contribution < 1.29 is 19.0 Å². The lowest BCUT2D eigenvalue weighted by Gasteiger charge is -2.17. The number of nitrogens with zero attached hydrogens (tertiary/aromatic N) is 1. The highest BCUT2D eigenvalue weighted by molar-refractivity contribution is 6.08. The molecule has 1 atom stereocenters. The van der Waals surface area contributed by atoms with Crippen LogP contribution < -0.4 is 16.4 Å². The van der Waals surface area contributed by atoms with Crippen LogP contribution in [0.2, 0.25) is 0 Å². The van der Waals surface area contributed by atoms with Gasteiger partial charge in [-0.3, -0.25) is 9.79 Å². The first-order chi connectivity index (χ1) is 15.5. The Kier molecular flexibility index (Phi) is 9.41. The number of anilines is 1. The van der Waals surface area contributed by atoms with Crippen LogP contribution in [-0.2, 0) is 19.0 Å². The summed E-state index contributed by atoms with van der Waals surface area (Å²) >= 11 is 0. The van der Waals surface area contributed by atoms with Crippen LogP contribution in [0.4, 0.5) is 5.69 Å².